The zero-order valence-corrected chi connectivity index (χ0v) is 14.8. The molecule has 0 saturated heterocycles. The van der Waals surface area contributed by atoms with E-state index in [-0.39, 0.29) is 0 Å². The van der Waals surface area contributed by atoms with E-state index in [1.165, 1.54) is 0 Å². The molecule has 0 aliphatic rings. The predicted octanol–water partition coefficient (Wildman–Crippen LogP) is 2.03. The Bertz CT molecular complexity index is 391. The fourth-order valence-corrected chi connectivity index (χ4v) is 1.27. The van der Waals surface area contributed by atoms with Crippen molar-refractivity contribution in [1.82, 2.24) is 9.97 Å². The summed E-state index contributed by atoms with van der Waals surface area (Å²) >= 11 is 2.10. The molecular formula is C8H4IN2Rf-. The zero-order chi connectivity index (χ0) is 7.68. The molecule has 2 aromatic rings. The summed E-state index contributed by atoms with van der Waals surface area (Å²) in [6.07, 6.45) is 2.80. The Morgan fingerprint density at radius 2 is 1.83 bits per heavy atom. The van der Waals surface area contributed by atoms with Crippen molar-refractivity contribution in [2.24, 2.45) is 0 Å². The van der Waals surface area contributed by atoms with Crippen molar-refractivity contribution in [2.75, 3.05) is 0 Å². The van der Waals surface area contributed by atoms with Gasteiger partial charge in [-0.15, -0.1) is 12.3 Å². The van der Waals surface area contributed by atoms with Crippen molar-refractivity contribution in [2.45, 2.75) is 0 Å². The summed E-state index contributed by atoms with van der Waals surface area (Å²) in [6, 6.07) is 7.76. The van der Waals surface area contributed by atoms with Crippen molar-refractivity contribution >= 4 is 33.6 Å². The smallest absolute Gasteiger partial charge is 0.0288 e. The monoisotopic (exact) mass is 522 g/mol. The van der Waals surface area contributed by atoms with Crippen LogP contribution >= 0.6 is 22.6 Å². The fourth-order valence-electron chi connectivity index (χ4n) is 0.890. The number of nitrogens with zero attached hydrogens (tertiary/aromatic N) is 2. The summed E-state index contributed by atoms with van der Waals surface area (Å²) < 4.78 is 0.807. The molecule has 1 aromatic carbocycles. The first-order valence-electron chi connectivity index (χ1n) is 3.16. The molecule has 12 heavy (non-hydrogen) atoms. The van der Waals surface area contributed by atoms with Gasteiger partial charge in [-0.1, -0.05) is 23.7 Å². The molecule has 0 N–H and O–H groups in total. The molecule has 0 atom stereocenters. The Hall–Kier alpha value is -1.71. The van der Waals surface area contributed by atoms with Crippen LogP contribution in [0.1, 0.15) is 0 Å². The summed E-state index contributed by atoms with van der Waals surface area (Å²) in [4.78, 5) is 8.33. The van der Waals surface area contributed by atoms with Crippen molar-refractivity contribution < 1.29 is 0 Å². The van der Waals surface area contributed by atoms with Gasteiger partial charge in [-0.2, -0.15) is 0 Å². The predicted molar refractivity (Wildman–Crippen MR) is 51.1 cm³/mol. The average molecular weight is 522 g/mol. The SMILES string of the molecule is Ic1[c-]nc2ccccc2n1.[Rf]. The number of para-hydroxylation sites is 2. The van der Waals surface area contributed by atoms with E-state index in [4.69, 9.17) is 0 Å². The summed E-state index contributed by atoms with van der Waals surface area (Å²) in [5, 5.41) is 0. The van der Waals surface area contributed by atoms with Crippen LogP contribution in [0.15, 0.2) is 24.3 Å². The normalized spacial score (nSPS) is 9.42. The first-order chi connectivity index (χ1) is 5.36. The number of halogens is 1. The Labute approximate surface area is 77.8 Å². The third-order valence-corrected chi connectivity index (χ3v) is 1.85. The average Bonchev–Trinajstić information content (AvgIpc) is 2.04. The second-order valence-corrected chi connectivity index (χ2v) is 3.14. The van der Waals surface area contributed by atoms with Crippen LogP contribution in [0.3, 0.4) is 0 Å². The van der Waals surface area contributed by atoms with E-state index in [2.05, 4.69) is 38.8 Å². The molecule has 0 spiro atoms. The van der Waals surface area contributed by atoms with E-state index < -0.39 is 0 Å². The van der Waals surface area contributed by atoms with Crippen LogP contribution < -0.4 is 0 Å². The van der Waals surface area contributed by atoms with Crippen LogP contribution in [0.5, 0.6) is 0 Å². The maximum absolute atomic E-state index is 4.24. The Kier molecular flexibility index (Phi) is 2.19. The van der Waals surface area contributed by atoms with Gasteiger partial charge in [0.1, 0.15) is 0 Å². The first-order valence-corrected chi connectivity index (χ1v) is 4.24. The largest absolute Gasteiger partial charge is 0.447 e. The van der Waals surface area contributed by atoms with Gasteiger partial charge in [-0.3, -0.25) is 4.98 Å². The fraction of sp³-hybridized carbons (Fsp3) is 0. The van der Waals surface area contributed by atoms with E-state index in [0.29, 0.717) is 0 Å². The maximum atomic E-state index is 4.24. The number of rotatable bonds is 0. The minimum atomic E-state index is 0. The van der Waals surface area contributed by atoms with Crippen LogP contribution in [0.25, 0.3) is 11.0 Å². The minimum absolute atomic E-state index is 0. The standard InChI is InChI=1S/C8H4IN2.Rf/c9-8-5-10-6-3-1-2-4-7(6)11-8;/h1-4H;/q-1;. The number of hydrogen-bond acceptors (Lipinski definition) is 2. The van der Waals surface area contributed by atoms with Gasteiger partial charge < -0.3 is 4.98 Å². The van der Waals surface area contributed by atoms with Gasteiger partial charge in [0, 0.05) is 9.22 Å². The van der Waals surface area contributed by atoms with Gasteiger partial charge in [-0.05, 0) is 22.6 Å². The Morgan fingerprint density at radius 1 is 1.17 bits per heavy atom. The number of benzene rings is 1. The van der Waals surface area contributed by atoms with E-state index in [9.17, 15) is 0 Å². The van der Waals surface area contributed by atoms with Crippen molar-refractivity contribution in [3.8, 4) is 0 Å². The molecular weight excluding hydrogens is 518 g/mol. The molecule has 0 unspecified atom stereocenters. The molecule has 0 saturated carbocycles. The molecule has 0 aliphatic carbocycles. The van der Waals surface area contributed by atoms with E-state index in [1.54, 1.807) is 0 Å². The van der Waals surface area contributed by atoms with Gasteiger partial charge in [0.25, 0.3) is 0 Å². The first kappa shape index (κ1) is 8.39. The molecule has 2 nitrogen and oxygen atoms in total. The summed E-state index contributed by atoms with van der Waals surface area (Å²) in [5.74, 6) is 0. The summed E-state index contributed by atoms with van der Waals surface area (Å²) in [5.41, 5.74) is 1.82. The van der Waals surface area contributed by atoms with Crippen LogP contribution in [-0.4, -0.2) is 9.97 Å². The summed E-state index contributed by atoms with van der Waals surface area (Å²) in [6.45, 7) is 0. The zero-order valence-electron chi connectivity index (χ0n) is 6.29. The second kappa shape index (κ2) is 3.13. The number of hydrogen-bond donors (Lipinski definition) is 0. The second-order valence-electron chi connectivity index (χ2n) is 2.11. The molecule has 0 amide bonds. The molecule has 56 valence electrons. The van der Waals surface area contributed by atoms with Crippen molar-refractivity contribution in [1.29, 1.82) is 0 Å². The van der Waals surface area contributed by atoms with E-state index in [1.807, 2.05) is 24.3 Å². The number of fused-ring (bicyclic) bond motifs is 1. The van der Waals surface area contributed by atoms with E-state index >= 15 is 0 Å². The topological polar surface area (TPSA) is 25.8 Å². The van der Waals surface area contributed by atoms with Crippen molar-refractivity contribution in [3.63, 3.8) is 0 Å². The summed E-state index contributed by atoms with van der Waals surface area (Å²) in [7, 11) is 0. The molecule has 2 rings (SSSR count). The van der Waals surface area contributed by atoms with Gasteiger partial charge in [0.2, 0.25) is 0 Å². The van der Waals surface area contributed by atoms with Crippen LogP contribution in [0.2, 0.25) is 0 Å². The minimum Gasteiger partial charge on any atom is -0.447 e. The molecule has 0 bridgehead atoms. The van der Waals surface area contributed by atoms with E-state index in [0.717, 1.165) is 14.7 Å². The van der Waals surface area contributed by atoms with Gasteiger partial charge >= 0.3 is 0 Å². The third kappa shape index (κ3) is 1.32. The molecule has 0 aliphatic heterocycles. The molecule has 0 radical (unpaired) electrons. The van der Waals surface area contributed by atoms with Crippen LogP contribution in [0.4, 0.5) is 0 Å². The molecule has 1 heterocycles. The number of aromatic nitrogens is 2. The van der Waals surface area contributed by atoms with Crippen LogP contribution in [-0.2, 0) is 0 Å². The van der Waals surface area contributed by atoms with Gasteiger partial charge in [0.05, 0.1) is 0 Å². The molecule has 0 fully saturated rings. The molecule has 1 aromatic heterocycles. The molecule has 4 heteroatoms. The Balaban J connectivity index is 0.000000720. The van der Waals surface area contributed by atoms with Crippen LogP contribution in [0, 0.1) is 9.90 Å². The van der Waals surface area contributed by atoms with Gasteiger partial charge in [-0.25, -0.2) is 0 Å². The maximum Gasteiger partial charge on any atom is 0.0288 e. The quantitative estimate of drug-likeness (QED) is 0.392. The Morgan fingerprint density at radius 3 is 2.58 bits per heavy atom. The van der Waals surface area contributed by atoms with Gasteiger partial charge in [0.15, 0.2) is 0 Å². The third-order valence-electron chi connectivity index (χ3n) is 1.37. The van der Waals surface area contributed by atoms with Crippen molar-refractivity contribution in [3.05, 3.63) is 34.2 Å².